The molecule has 0 bridgehead atoms. The van der Waals surface area contributed by atoms with Gasteiger partial charge in [-0.25, -0.2) is 0 Å². The van der Waals surface area contributed by atoms with Crippen LogP contribution in [0.5, 0.6) is 11.5 Å². The molecule has 28 heavy (non-hydrogen) atoms. The van der Waals surface area contributed by atoms with Gasteiger partial charge in [0.1, 0.15) is 6.04 Å². The number of benzene rings is 2. The fourth-order valence-electron chi connectivity index (χ4n) is 3.45. The average Bonchev–Trinajstić information content (AvgIpc) is 2.95. The van der Waals surface area contributed by atoms with Gasteiger partial charge in [-0.1, -0.05) is 26.0 Å². The summed E-state index contributed by atoms with van der Waals surface area (Å²) in [6.45, 7) is 3.90. The van der Waals surface area contributed by atoms with Gasteiger partial charge in [-0.2, -0.15) is 0 Å². The van der Waals surface area contributed by atoms with Crippen molar-refractivity contribution in [2.24, 2.45) is 5.92 Å². The summed E-state index contributed by atoms with van der Waals surface area (Å²) < 4.78 is 10.5. The summed E-state index contributed by atoms with van der Waals surface area (Å²) in [5, 5.41) is 0. The predicted octanol–water partition coefficient (Wildman–Crippen LogP) is 3.60. The first-order chi connectivity index (χ1) is 13.4. The van der Waals surface area contributed by atoms with Crippen LogP contribution in [0.25, 0.3) is 0 Å². The zero-order chi connectivity index (χ0) is 20.4. The second-order valence-corrected chi connectivity index (χ2v) is 7.11. The maximum absolute atomic E-state index is 13.3. The molecule has 1 heterocycles. The fourth-order valence-corrected chi connectivity index (χ4v) is 3.45. The fraction of sp³-hybridized carbons (Fsp3) is 0.318. The third-order valence-corrected chi connectivity index (χ3v) is 4.80. The second-order valence-electron chi connectivity index (χ2n) is 7.11. The van der Waals surface area contributed by atoms with Gasteiger partial charge in [0.2, 0.25) is 0 Å². The van der Waals surface area contributed by atoms with Crippen molar-refractivity contribution >= 4 is 17.6 Å². The molecule has 0 aromatic heterocycles. The summed E-state index contributed by atoms with van der Waals surface area (Å²) in [6, 6.07) is 10.6. The molecule has 0 spiro atoms. The van der Waals surface area contributed by atoms with Gasteiger partial charge in [0.25, 0.3) is 11.8 Å². The van der Waals surface area contributed by atoms with Crippen molar-refractivity contribution in [2.45, 2.75) is 26.3 Å². The Morgan fingerprint density at radius 3 is 2.00 bits per heavy atom. The number of nitrogens with zero attached hydrogens (tertiary/aromatic N) is 1. The molecule has 6 heteroatoms. The normalized spacial score (nSPS) is 14.2. The Morgan fingerprint density at radius 2 is 1.50 bits per heavy atom. The van der Waals surface area contributed by atoms with Crippen LogP contribution in [0, 0.1) is 5.92 Å². The van der Waals surface area contributed by atoms with Crippen LogP contribution in [0.2, 0.25) is 0 Å². The smallest absolute Gasteiger partial charge is 0.262 e. The standard InChI is InChI=1S/C22H23NO5/c1-13(2)11-17(20(24)14-9-10-18(27-3)19(12-14)28-4)23-21(25)15-7-5-6-8-16(15)22(23)26/h5-10,12-13,17H,11H2,1-4H3. The third kappa shape index (κ3) is 3.38. The van der Waals surface area contributed by atoms with Crippen LogP contribution in [-0.4, -0.2) is 42.8 Å². The van der Waals surface area contributed by atoms with E-state index in [-0.39, 0.29) is 11.7 Å². The zero-order valence-corrected chi connectivity index (χ0v) is 16.4. The topological polar surface area (TPSA) is 72.9 Å². The second kappa shape index (κ2) is 7.84. The number of rotatable bonds is 7. The summed E-state index contributed by atoms with van der Waals surface area (Å²) in [5.74, 6) is -0.137. The summed E-state index contributed by atoms with van der Waals surface area (Å²) in [4.78, 5) is 40.2. The zero-order valence-electron chi connectivity index (χ0n) is 16.4. The lowest BCUT2D eigenvalue weighted by molar-refractivity contribution is 0.0521. The first-order valence-corrected chi connectivity index (χ1v) is 9.12. The van der Waals surface area contributed by atoms with Crippen molar-refractivity contribution < 1.29 is 23.9 Å². The lowest BCUT2D eigenvalue weighted by Crippen LogP contribution is -2.45. The SMILES string of the molecule is COc1ccc(C(=O)C(CC(C)C)N2C(=O)c3ccccc3C2=O)cc1OC. The van der Waals surface area contributed by atoms with Crippen LogP contribution in [-0.2, 0) is 0 Å². The Labute approximate surface area is 164 Å². The number of amides is 2. The lowest BCUT2D eigenvalue weighted by Gasteiger charge is -2.26. The van der Waals surface area contributed by atoms with Crippen molar-refractivity contribution in [3.05, 3.63) is 59.2 Å². The molecule has 0 N–H and O–H groups in total. The number of hydrogen-bond acceptors (Lipinski definition) is 5. The van der Waals surface area contributed by atoms with Gasteiger partial charge < -0.3 is 9.47 Å². The largest absolute Gasteiger partial charge is 0.493 e. The maximum Gasteiger partial charge on any atom is 0.262 e. The summed E-state index contributed by atoms with van der Waals surface area (Å²) in [5.41, 5.74) is 1.03. The number of Topliss-reactive ketones (excluding diaryl/α,β-unsaturated/α-hetero) is 1. The molecule has 0 saturated carbocycles. The van der Waals surface area contributed by atoms with Crippen molar-refractivity contribution in [2.75, 3.05) is 14.2 Å². The highest BCUT2D eigenvalue weighted by Crippen LogP contribution is 2.31. The highest BCUT2D eigenvalue weighted by Gasteiger charge is 2.42. The van der Waals surface area contributed by atoms with Gasteiger partial charge in [-0.3, -0.25) is 19.3 Å². The molecule has 2 aromatic rings. The Balaban J connectivity index is 2.01. The molecule has 0 fully saturated rings. The number of fused-ring (bicyclic) bond motifs is 1. The molecule has 1 aliphatic rings. The number of ether oxygens (including phenoxy) is 2. The molecule has 0 aliphatic carbocycles. The Kier molecular flexibility index (Phi) is 5.49. The van der Waals surface area contributed by atoms with Crippen LogP contribution in [0.1, 0.15) is 51.3 Å². The number of methoxy groups -OCH3 is 2. The van der Waals surface area contributed by atoms with Crippen molar-refractivity contribution in [1.29, 1.82) is 0 Å². The number of carbonyl (C=O) groups excluding carboxylic acids is 3. The molecular formula is C22H23NO5. The number of hydrogen-bond donors (Lipinski definition) is 0. The van der Waals surface area contributed by atoms with Gasteiger partial charge in [-0.05, 0) is 42.7 Å². The lowest BCUT2D eigenvalue weighted by atomic mass is 9.94. The summed E-state index contributed by atoms with van der Waals surface area (Å²) in [7, 11) is 3.00. The minimum absolute atomic E-state index is 0.110. The van der Waals surface area contributed by atoms with Crippen molar-refractivity contribution in [1.82, 2.24) is 4.90 Å². The highest BCUT2D eigenvalue weighted by molar-refractivity contribution is 6.23. The Hall–Kier alpha value is -3.15. The quantitative estimate of drug-likeness (QED) is 0.541. The summed E-state index contributed by atoms with van der Waals surface area (Å²) in [6.07, 6.45) is 0.374. The Morgan fingerprint density at radius 1 is 0.929 bits per heavy atom. The van der Waals surface area contributed by atoms with E-state index in [1.807, 2.05) is 13.8 Å². The monoisotopic (exact) mass is 381 g/mol. The van der Waals surface area contributed by atoms with Gasteiger partial charge in [0, 0.05) is 5.56 Å². The molecule has 6 nitrogen and oxygen atoms in total. The molecular weight excluding hydrogens is 358 g/mol. The molecule has 1 aliphatic heterocycles. The molecule has 1 unspecified atom stereocenters. The van der Waals surface area contributed by atoms with E-state index in [2.05, 4.69) is 0 Å². The van der Waals surface area contributed by atoms with Gasteiger partial charge in [0.15, 0.2) is 17.3 Å². The molecule has 0 radical (unpaired) electrons. The van der Waals surface area contributed by atoms with Crippen molar-refractivity contribution in [3.63, 3.8) is 0 Å². The van der Waals surface area contributed by atoms with Gasteiger partial charge in [0.05, 0.1) is 25.3 Å². The van der Waals surface area contributed by atoms with E-state index in [4.69, 9.17) is 9.47 Å². The predicted molar refractivity (Wildman–Crippen MR) is 104 cm³/mol. The number of ketones is 1. The van der Waals surface area contributed by atoms with Crippen molar-refractivity contribution in [3.8, 4) is 11.5 Å². The van der Waals surface area contributed by atoms with Crippen LogP contribution in [0.3, 0.4) is 0 Å². The molecule has 0 saturated heterocycles. The first-order valence-electron chi connectivity index (χ1n) is 9.12. The number of carbonyl (C=O) groups is 3. The first kappa shape index (κ1) is 19.6. The van der Waals surface area contributed by atoms with E-state index in [0.29, 0.717) is 34.6 Å². The molecule has 3 rings (SSSR count). The molecule has 2 aromatic carbocycles. The minimum Gasteiger partial charge on any atom is -0.493 e. The maximum atomic E-state index is 13.3. The van der Waals surface area contributed by atoms with E-state index in [1.54, 1.807) is 42.5 Å². The third-order valence-electron chi connectivity index (χ3n) is 4.80. The van der Waals surface area contributed by atoms with E-state index in [1.165, 1.54) is 14.2 Å². The van der Waals surface area contributed by atoms with E-state index in [0.717, 1.165) is 4.90 Å². The van der Waals surface area contributed by atoms with Gasteiger partial charge in [-0.15, -0.1) is 0 Å². The minimum atomic E-state index is -0.884. The number of imide groups is 1. The highest BCUT2D eigenvalue weighted by atomic mass is 16.5. The summed E-state index contributed by atoms with van der Waals surface area (Å²) >= 11 is 0. The van der Waals surface area contributed by atoms with E-state index in [9.17, 15) is 14.4 Å². The van der Waals surface area contributed by atoms with Gasteiger partial charge >= 0.3 is 0 Å². The van der Waals surface area contributed by atoms with E-state index < -0.39 is 17.9 Å². The van der Waals surface area contributed by atoms with Crippen LogP contribution < -0.4 is 9.47 Å². The molecule has 2 amide bonds. The molecule has 1 atom stereocenters. The average molecular weight is 381 g/mol. The van der Waals surface area contributed by atoms with E-state index >= 15 is 0 Å². The van der Waals surface area contributed by atoms with Crippen LogP contribution in [0.4, 0.5) is 0 Å². The van der Waals surface area contributed by atoms with Crippen LogP contribution >= 0.6 is 0 Å². The van der Waals surface area contributed by atoms with Crippen LogP contribution in [0.15, 0.2) is 42.5 Å². The molecule has 146 valence electrons. The Bertz CT molecular complexity index is 899.